The van der Waals surface area contributed by atoms with Crippen molar-refractivity contribution < 1.29 is 4.79 Å². The number of likely N-dealkylation sites (tertiary alicyclic amines) is 1. The summed E-state index contributed by atoms with van der Waals surface area (Å²) in [4.78, 5) is 15.7. The van der Waals surface area contributed by atoms with Crippen LogP contribution in [0.2, 0.25) is 0 Å². The highest BCUT2D eigenvalue weighted by Gasteiger charge is 2.45. The molecule has 1 saturated heterocycles. The van der Waals surface area contributed by atoms with Crippen molar-refractivity contribution in [3.8, 4) is 0 Å². The van der Waals surface area contributed by atoms with Crippen LogP contribution < -0.4 is 5.32 Å². The second-order valence-electron chi connectivity index (χ2n) is 7.42. The quantitative estimate of drug-likeness (QED) is 0.925. The zero-order chi connectivity index (χ0) is 16.3. The highest BCUT2D eigenvalue weighted by Crippen LogP contribution is 2.43. The van der Waals surface area contributed by atoms with Crippen molar-refractivity contribution in [2.24, 2.45) is 5.92 Å². The number of carbonyl (C=O) groups excluding carboxylic acids is 1. The predicted molar refractivity (Wildman–Crippen MR) is 94.6 cm³/mol. The van der Waals surface area contributed by atoms with Gasteiger partial charge in [-0.05, 0) is 56.8 Å². The number of hydrogen-bond acceptors (Lipinski definition) is 2. The summed E-state index contributed by atoms with van der Waals surface area (Å²) in [5, 5.41) is 3.26. The summed E-state index contributed by atoms with van der Waals surface area (Å²) in [5.41, 5.74) is 2.29. The SMILES string of the molecule is CNC[C@H]1CCN(C(=O)C2(c3ccccc3C)CCCCC2)C1. The number of aryl methyl sites for hydroxylation is 1. The second kappa shape index (κ2) is 7.04. The molecule has 3 rings (SSSR count). The van der Waals surface area contributed by atoms with Crippen molar-refractivity contribution in [1.29, 1.82) is 0 Å². The summed E-state index contributed by atoms with van der Waals surface area (Å²) >= 11 is 0. The van der Waals surface area contributed by atoms with Crippen molar-refractivity contribution in [2.45, 2.75) is 50.9 Å². The maximum atomic E-state index is 13.5. The molecule has 1 aromatic rings. The minimum Gasteiger partial charge on any atom is -0.342 e. The third kappa shape index (κ3) is 3.16. The summed E-state index contributed by atoms with van der Waals surface area (Å²) in [6.07, 6.45) is 6.79. The molecular weight excluding hydrogens is 284 g/mol. The van der Waals surface area contributed by atoms with E-state index in [1.165, 1.54) is 30.4 Å². The average Bonchev–Trinajstić information content (AvgIpc) is 3.04. The molecule has 0 radical (unpaired) electrons. The van der Waals surface area contributed by atoms with Crippen molar-refractivity contribution >= 4 is 5.91 Å². The Bertz CT molecular complexity index is 548. The molecule has 3 heteroatoms. The fourth-order valence-electron chi connectivity index (χ4n) is 4.64. The number of benzene rings is 1. The van der Waals surface area contributed by atoms with Gasteiger partial charge in [-0.2, -0.15) is 0 Å². The van der Waals surface area contributed by atoms with E-state index in [0.717, 1.165) is 38.9 Å². The van der Waals surface area contributed by atoms with Crippen molar-refractivity contribution in [3.63, 3.8) is 0 Å². The lowest BCUT2D eigenvalue weighted by atomic mass is 9.67. The Labute approximate surface area is 140 Å². The van der Waals surface area contributed by atoms with Gasteiger partial charge in [0.15, 0.2) is 0 Å². The molecule has 23 heavy (non-hydrogen) atoms. The molecule has 1 atom stereocenters. The minimum absolute atomic E-state index is 0.266. The predicted octanol–water partition coefficient (Wildman–Crippen LogP) is 3.26. The molecule has 1 aromatic carbocycles. The van der Waals surface area contributed by atoms with Crippen LogP contribution in [-0.4, -0.2) is 37.5 Å². The molecule has 1 aliphatic carbocycles. The van der Waals surface area contributed by atoms with Crippen LogP contribution in [0.1, 0.15) is 49.7 Å². The molecule has 2 aliphatic rings. The normalized spacial score (nSPS) is 23.9. The average molecular weight is 314 g/mol. The topological polar surface area (TPSA) is 32.3 Å². The van der Waals surface area contributed by atoms with Crippen LogP contribution in [0.25, 0.3) is 0 Å². The molecule has 0 aromatic heterocycles. The lowest BCUT2D eigenvalue weighted by molar-refractivity contribution is -0.138. The summed E-state index contributed by atoms with van der Waals surface area (Å²) in [6.45, 7) is 5.03. The van der Waals surface area contributed by atoms with Crippen LogP contribution in [0.5, 0.6) is 0 Å². The van der Waals surface area contributed by atoms with Gasteiger partial charge >= 0.3 is 0 Å². The smallest absolute Gasteiger partial charge is 0.233 e. The van der Waals surface area contributed by atoms with E-state index in [-0.39, 0.29) is 5.41 Å². The van der Waals surface area contributed by atoms with Crippen LogP contribution in [-0.2, 0) is 10.2 Å². The number of rotatable bonds is 4. The Morgan fingerprint density at radius 3 is 2.70 bits per heavy atom. The molecule has 1 N–H and O–H groups in total. The Morgan fingerprint density at radius 2 is 2.00 bits per heavy atom. The zero-order valence-electron chi connectivity index (χ0n) is 14.6. The molecule has 0 spiro atoms. The third-order valence-corrected chi connectivity index (χ3v) is 5.84. The van der Waals surface area contributed by atoms with Crippen LogP contribution in [0, 0.1) is 12.8 Å². The fraction of sp³-hybridized carbons (Fsp3) is 0.650. The number of nitrogens with one attached hydrogen (secondary N) is 1. The Kier molecular flexibility index (Phi) is 5.05. The molecule has 0 bridgehead atoms. The van der Waals surface area contributed by atoms with E-state index in [2.05, 4.69) is 41.4 Å². The van der Waals surface area contributed by atoms with Crippen LogP contribution in [0.3, 0.4) is 0 Å². The number of amides is 1. The van der Waals surface area contributed by atoms with Gasteiger partial charge in [-0.25, -0.2) is 0 Å². The largest absolute Gasteiger partial charge is 0.342 e. The molecule has 126 valence electrons. The highest BCUT2D eigenvalue weighted by molar-refractivity contribution is 5.89. The Morgan fingerprint density at radius 1 is 1.26 bits per heavy atom. The lowest BCUT2D eigenvalue weighted by Gasteiger charge is -2.40. The number of nitrogens with zero attached hydrogens (tertiary/aromatic N) is 1. The first kappa shape index (κ1) is 16.5. The van der Waals surface area contributed by atoms with Gasteiger partial charge in [-0.3, -0.25) is 4.79 Å². The van der Waals surface area contributed by atoms with Crippen molar-refractivity contribution in [2.75, 3.05) is 26.7 Å². The molecule has 2 fully saturated rings. The van der Waals surface area contributed by atoms with E-state index < -0.39 is 0 Å². The maximum Gasteiger partial charge on any atom is 0.233 e. The van der Waals surface area contributed by atoms with E-state index >= 15 is 0 Å². The van der Waals surface area contributed by atoms with E-state index in [1.54, 1.807) is 0 Å². The second-order valence-corrected chi connectivity index (χ2v) is 7.42. The third-order valence-electron chi connectivity index (χ3n) is 5.84. The molecule has 1 aliphatic heterocycles. The van der Waals surface area contributed by atoms with Gasteiger partial charge in [0.2, 0.25) is 5.91 Å². The summed E-state index contributed by atoms with van der Waals surface area (Å²) in [6, 6.07) is 8.53. The van der Waals surface area contributed by atoms with E-state index in [0.29, 0.717) is 11.8 Å². The van der Waals surface area contributed by atoms with E-state index in [9.17, 15) is 4.79 Å². The molecule has 3 nitrogen and oxygen atoms in total. The summed E-state index contributed by atoms with van der Waals surface area (Å²) < 4.78 is 0. The van der Waals surface area contributed by atoms with Gasteiger partial charge in [0, 0.05) is 13.1 Å². The van der Waals surface area contributed by atoms with E-state index in [4.69, 9.17) is 0 Å². The van der Waals surface area contributed by atoms with E-state index in [1.807, 2.05) is 7.05 Å². The summed E-state index contributed by atoms with van der Waals surface area (Å²) in [7, 11) is 2.00. The molecule has 1 saturated carbocycles. The summed E-state index contributed by atoms with van der Waals surface area (Å²) in [5.74, 6) is 1.01. The van der Waals surface area contributed by atoms with Gasteiger partial charge in [0.25, 0.3) is 0 Å². The van der Waals surface area contributed by atoms with Crippen molar-refractivity contribution in [3.05, 3.63) is 35.4 Å². The van der Waals surface area contributed by atoms with Gasteiger partial charge in [0.1, 0.15) is 0 Å². The van der Waals surface area contributed by atoms with Gasteiger partial charge in [-0.1, -0.05) is 43.5 Å². The van der Waals surface area contributed by atoms with Gasteiger partial charge < -0.3 is 10.2 Å². The molecule has 1 heterocycles. The molecule has 1 amide bonds. The van der Waals surface area contributed by atoms with Gasteiger partial charge in [-0.15, -0.1) is 0 Å². The first-order valence-corrected chi connectivity index (χ1v) is 9.17. The first-order valence-electron chi connectivity index (χ1n) is 9.17. The maximum absolute atomic E-state index is 13.5. The van der Waals surface area contributed by atoms with Crippen LogP contribution in [0.15, 0.2) is 24.3 Å². The van der Waals surface area contributed by atoms with Gasteiger partial charge in [0.05, 0.1) is 5.41 Å². The standard InChI is InChI=1S/C20H30N2O/c1-16-8-4-5-9-18(16)20(11-6-3-7-12-20)19(23)22-13-10-17(15-22)14-21-2/h4-5,8-9,17,21H,3,6-7,10-15H2,1-2H3/t17-/m1/s1. The number of carbonyl (C=O) groups is 1. The minimum atomic E-state index is -0.266. The Balaban J connectivity index is 1.88. The monoisotopic (exact) mass is 314 g/mol. The lowest BCUT2D eigenvalue weighted by Crippen LogP contribution is -2.47. The highest BCUT2D eigenvalue weighted by atomic mass is 16.2. The Hall–Kier alpha value is -1.35. The first-order chi connectivity index (χ1) is 11.2. The molecular formula is C20H30N2O. The fourth-order valence-corrected chi connectivity index (χ4v) is 4.64. The van der Waals surface area contributed by atoms with Crippen LogP contribution >= 0.6 is 0 Å². The molecule has 0 unspecified atom stereocenters. The zero-order valence-corrected chi connectivity index (χ0v) is 14.6. The van der Waals surface area contributed by atoms with Crippen molar-refractivity contribution in [1.82, 2.24) is 10.2 Å². The number of hydrogen-bond donors (Lipinski definition) is 1. The van der Waals surface area contributed by atoms with Crippen LogP contribution in [0.4, 0.5) is 0 Å².